The van der Waals surface area contributed by atoms with E-state index in [0.29, 0.717) is 0 Å². The molecule has 0 aliphatic rings. The van der Waals surface area contributed by atoms with Crippen LogP contribution in [-0.2, 0) is 9.53 Å². The number of anilines is 1. The Kier molecular flexibility index (Phi) is 4.03. The minimum absolute atomic E-state index is 0.0135. The molecule has 92 valence electrons. The van der Waals surface area contributed by atoms with Crippen molar-refractivity contribution in [3.05, 3.63) is 29.6 Å². The number of carbonyl (C=O) groups excluding carboxylic acids is 2. The van der Waals surface area contributed by atoms with E-state index in [1.165, 1.54) is 26.2 Å². The molecule has 1 atom stereocenters. The minimum atomic E-state index is -0.869. The molecule has 0 radical (unpaired) electrons. The molecule has 1 aromatic rings. The lowest BCUT2D eigenvalue weighted by Gasteiger charge is -2.12. The van der Waals surface area contributed by atoms with Crippen LogP contribution in [-0.4, -0.2) is 25.0 Å². The van der Waals surface area contributed by atoms with Gasteiger partial charge in [0.15, 0.2) is 0 Å². The average molecular weight is 240 g/mol. The maximum atomic E-state index is 13.4. The number of benzene rings is 1. The van der Waals surface area contributed by atoms with Crippen molar-refractivity contribution in [2.45, 2.75) is 13.0 Å². The second-order valence-electron chi connectivity index (χ2n) is 3.42. The highest BCUT2D eigenvalue weighted by atomic mass is 19.1. The highest BCUT2D eigenvalue weighted by Gasteiger charge is 2.20. The molecular formula is C11H13FN2O3. The number of hydrogen-bond acceptors (Lipinski definition) is 4. The fraction of sp³-hybridized carbons (Fsp3) is 0.273. The van der Waals surface area contributed by atoms with E-state index in [4.69, 9.17) is 5.73 Å². The Morgan fingerprint density at radius 1 is 1.47 bits per heavy atom. The van der Waals surface area contributed by atoms with Gasteiger partial charge >= 0.3 is 5.97 Å². The largest absolute Gasteiger partial charge is 0.467 e. The van der Waals surface area contributed by atoms with Crippen molar-refractivity contribution in [2.75, 3.05) is 12.8 Å². The molecule has 3 N–H and O–H groups in total. The third-order valence-electron chi connectivity index (χ3n) is 2.18. The summed E-state index contributed by atoms with van der Waals surface area (Å²) in [5.41, 5.74) is 5.23. The van der Waals surface area contributed by atoms with E-state index in [9.17, 15) is 14.0 Å². The number of esters is 1. The van der Waals surface area contributed by atoms with Crippen LogP contribution in [0.1, 0.15) is 17.3 Å². The fourth-order valence-electron chi connectivity index (χ4n) is 1.28. The van der Waals surface area contributed by atoms with Gasteiger partial charge in [-0.1, -0.05) is 6.07 Å². The molecule has 0 aliphatic carbocycles. The van der Waals surface area contributed by atoms with Gasteiger partial charge in [-0.2, -0.15) is 0 Å². The number of carbonyl (C=O) groups is 2. The number of nitrogens with two attached hydrogens (primary N) is 1. The number of nitrogens with one attached hydrogen (secondary N) is 1. The Morgan fingerprint density at radius 3 is 2.65 bits per heavy atom. The molecule has 0 spiro atoms. The van der Waals surface area contributed by atoms with Crippen molar-refractivity contribution in [3.63, 3.8) is 0 Å². The SMILES string of the molecule is COC(=O)[C@@H](C)NC(=O)c1c(N)cccc1F. The lowest BCUT2D eigenvalue weighted by molar-refractivity contribution is -0.142. The van der Waals surface area contributed by atoms with Gasteiger partial charge in [0, 0.05) is 5.69 Å². The molecular weight excluding hydrogens is 227 g/mol. The summed E-state index contributed by atoms with van der Waals surface area (Å²) >= 11 is 0. The van der Waals surface area contributed by atoms with Gasteiger partial charge in [0.05, 0.1) is 12.7 Å². The second-order valence-corrected chi connectivity index (χ2v) is 3.42. The number of rotatable bonds is 3. The number of hydrogen-bond donors (Lipinski definition) is 2. The Balaban J connectivity index is 2.87. The van der Waals surface area contributed by atoms with E-state index in [1.807, 2.05) is 0 Å². The van der Waals surface area contributed by atoms with E-state index in [0.717, 1.165) is 6.07 Å². The van der Waals surface area contributed by atoms with Crippen molar-refractivity contribution in [2.24, 2.45) is 0 Å². The van der Waals surface area contributed by atoms with Crippen LogP contribution in [0.5, 0.6) is 0 Å². The van der Waals surface area contributed by atoms with Gasteiger partial charge in [-0.15, -0.1) is 0 Å². The smallest absolute Gasteiger partial charge is 0.328 e. The zero-order chi connectivity index (χ0) is 13.0. The highest BCUT2D eigenvalue weighted by Crippen LogP contribution is 2.15. The Hall–Kier alpha value is -2.11. The number of halogens is 1. The number of amides is 1. The molecule has 0 aromatic heterocycles. The van der Waals surface area contributed by atoms with Crippen molar-refractivity contribution in [1.29, 1.82) is 0 Å². The predicted molar refractivity (Wildman–Crippen MR) is 59.8 cm³/mol. The van der Waals surface area contributed by atoms with E-state index in [-0.39, 0.29) is 11.3 Å². The van der Waals surface area contributed by atoms with Gasteiger partial charge in [0.2, 0.25) is 0 Å². The Morgan fingerprint density at radius 2 is 2.12 bits per heavy atom. The molecule has 0 saturated heterocycles. The summed E-state index contributed by atoms with van der Waals surface area (Å²) in [5, 5.41) is 2.30. The van der Waals surface area contributed by atoms with Crippen LogP contribution >= 0.6 is 0 Å². The molecule has 0 aliphatic heterocycles. The van der Waals surface area contributed by atoms with Crippen LogP contribution in [0.4, 0.5) is 10.1 Å². The standard InChI is InChI=1S/C11H13FN2O3/c1-6(11(16)17-2)14-10(15)9-7(12)4-3-5-8(9)13/h3-6H,13H2,1-2H3,(H,14,15)/t6-/m1/s1. The lowest BCUT2D eigenvalue weighted by atomic mass is 10.1. The van der Waals surface area contributed by atoms with Crippen molar-refractivity contribution >= 4 is 17.6 Å². The minimum Gasteiger partial charge on any atom is -0.467 e. The molecule has 0 saturated carbocycles. The van der Waals surface area contributed by atoms with Gasteiger partial charge in [0.1, 0.15) is 11.9 Å². The quantitative estimate of drug-likeness (QED) is 0.602. The van der Waals surface area contributed by atoms with Crippen LogP contribution in [0.15, 0.2) is 18.2 Å². The number of nitrogen functional groups attached to an aromatic ring is 1. The molecule has 1 rings (SSSR count). The van der Waals surface area contributed by atoms with Crippen LogP contribution in [0.3, 0.4) is 0 Å². The summed E-state index contributed by atoms with van der Waals surface area (Å²) in [6, 6.07) is 3.05. The van der Waals surface area contributed by atoms with Crippen LogP contribution < -0.4 is 11.1 Å². The maximum Gasteiger partial charge on any atom is 0.328 e. The highest BCUT2D eigenvalue weighted by molar-refractivity contribution is 6.01. The second kappa shape index (κ2) is 5.29. The summed E-state index contributed by atoms with van der Waals surface area (Å²) in [4.78, 5) is 22.8. The van der Waals surface area contributed by atoms with Crippen LogP contribution in [0.25, 0.3) is 0 Å². The molecule has 0 unspecified atom stereocenters. The monoisotopic (exact) mass is 240 g/mol. The van der Waals surface area contributed by atoms with E-state index in [1.54, 1.807) is 0 Å². The zero-order valence-corrected chi connectivity index (χ0v) is 9.49. The first-order valence-electron chi connectivity index (χ1n) is 4.90. The van der Waals surface area contributed by atoms with E-state index in [2.05, 4.69) is 10.1 Å². The first kappa shape index (κ1) is 13.0. The van der Waals surface area contributed by atoms with Crippen molar-refractivity contribution < 1.29 is 18.7 Å². The first-order chi connectivity index (χ1) is 7.97. The molecule has 0 bridgehead atoms. The first-order valence-corrected chi connectivity index (χ1v) is 4.90. The summed E-state index contributed by atoms with van der Waals surface area (Å²) in [6.45, 7) is 1.43. The summed E-state index contributed by atoms with van der Waals surface area (Å²) < 4.78 is 17.8. The fourth-order valence-corrected chi connectivity index (χ4v) is 1.28. The third-order valence-corrected chi connectivity index (χ3v) is 2.18. The van der Waals surface area contributed by atoms with Crippen molar-refractivity contribution in [3.8, 4) is 0 Å². The topological polar surface area (TPSA) is 81.4 Å². The van der Waals surface area contributed by atoms with Gasteiger partial charge in [-0.25, -0.2) is 9.18 Å². The Bertz CT molecular complexity index is 428. The predicted octanol–water partition coefficient (Wildman–Crippen LogP) is 0.699. The van der Waals surface area contributed by atoms with Gasteiger partial charge in [0.25, 0.3) is 5.91 Å². The molecule has 17 heavy (non-hydrogen) atoms. The zero-order valence-electron chi connectivity index (χ0n) is 9.49. The summed E-state index contributed by atoms with van der Waals surface area (Å²) in [6.07, 6.45) is 0. The van der Waals surface area contributed by atoms with E-state index < -0.39 is 23.7 Å². The molecule has 1 aromatic carbocycles. The van der Waals surface area contributed by atoms with Crippen LogP contribution in [0, 0.1) is 5.82 Å². The number of methoxy groups -OCH3 is 1. The molecule has 6 heteroatoms. The van der Waals surface area contributed by atoms with E-state index >= 15 is 0 Å². The third kappa shape index (κ3) is 2.93. The maximum absolute atomic E-state index is 13.4. The Labute approximate surface area is 97.7 Å². The molecule has 5 nitrogen and oxygen atoms in total. The molecule has 1 amide bonds. The molecule has 0 fully saturated rings. The van der Waals surface area contributed by atoms with Crippen molar-refractivity contribution in [1.82, 2.24) is 5.32 Å². The lowest BCUT2D eigenvalue weighted by Crippen LogP contribution is -2.39. The van der Waals surface area contributed by atoms with Gasteiger partial charge in [-0.05, 0) is 19.1 Å². The normalized spacial score (nSPS) is 11.7. The summed E-state index contributed by atoms with van der Waals surface area (Å²) in [5.74, 6) is -2.11. The van der Waals surface area contributed by atoms with Gasteiger partial charge in [-0.3, -0.25) is 4.79 Å². The van der Waals surface area contributed by atoms with Gasteiger partial charge < -0.3 is 15.8 Å². The average Bonchev–Trinajstić information content (AvgIpc) is 2.27. The van der Waals surface area contributed by atoms with Crippen LogP contribution in [0.2, 0.25) is 0 Å². The summed E-state index contributed by atoms with van der Waals surface area (Å²) in [7, 11) is 1.20. The molecule has 0 heterocycles. The number of ether oxygens (including phenoxy) is 1.